The molecule has 2 aliphatic carbocycles. The Hall–Kier alpha value is -1.02. The molecule has 22 heavy (non-hydrogen) atoms. The molecular weight excluding hydrogens is 288 g/mol. The van der Waals surface area contributed by atoms with Crippen LogP contribution in [0.15, 0.2) is 46.9 Å². The highest BCUT2D eigenvalue weighted by Crippen LogP contribution is 2.48. The van der Waals surface area contributed by atoms with Gasteiger partial charge in [-0.2, -0.15) is 0 Å². The number of hydrogen-bond donors (Lipinski definition) is 0. The van der Waals surface area contributed by atoms with Gasteiger partial charge in [0.1, 0.15) is 5.78 Å². The summed E-state index contributed by atoms with van der Waals surface area (Å²) in [5.74, 6) is 1.99. The minimum atomic E-state index is 0.181. The maximum absolute atomic E-state index is 13.0. The molecule has 0 aliphatic heterocycles. The SMILES string of the molecule is CC1CC=C2CCC(C(C)C)C(C1=O)C2Sc1ccccc1. The Morgan fingerprint density at radius 1 is 1.18 bits per heavy atom. The van der Waals surface area contributed by atoms with Gasteiger partial charge in [0, 0.05) is 22.0 Å². The molecule has 3 rings (SSSR count). The van der Waals surface area contributed by atoms with Gasteiger partial charge in [0.25, 0.3) is 0 Å². The number of ketones is 1. The molecule has 4 unspecified atom stereocenters. The molecule has 1 aromatic rings. The summed E-state index contributed by atoms with van der Waals surface area (Å²) in [7, 11) is 0. The largest absolute Gasteiger partial charge is 0.299 e. The van der Waals surface area contributed by atoms with E-state index in [0.717, 1.165) is 6.42 Å². The van der Waals surface area contributed by atoms with Crippen LogP contribution in [0.4, 0.5) is 0 Å². The summed E-state index contributed by atoms with van der Waals surface area (Å²) in [5.41, 5.74) is 1.52. The zero-order valence-electron chi connectivity index (χ0n) is 13.8. The number of fused-ring (bicyclic) bond motifs is 2. The summed E-state index contributed by atoms with van der Waals surface area (Å²) >= 11 is 1.91. The van der Waals surface area contributed by atoms with Crippen LogP contribution in [-0.4, -0.2) is 11.0 Å². The second-order valence-electron chi connectivity index (χ2n) is 7.14. The molecule has 2 aliphatic rings. The first-order valence-electron chi connectivity index (χ1n) is 8.52. The standard InChI is InChI=1S/C20H26OS/c1-13(2)17-12-11-15-10-9-14(3)19(21)18(17)20(15)22-16-7-5-4-6-8-16/h4-8,10,13-14,17-18,20H,9,11-12H2,1-3H3. The van der Waals surface area contributed by atoms with Crippen LogP contribution in [0, 0.1) is 23.7 Å². The smallest absolute Gasteiger partial charge is 0.140 e. The monoisotopic (exact) mass is 314 g/mol. The lowest BCUT2D eigenvalue weighted by molar-refractivity contribution is -0.128. The summed E-state index contributed by atoms with van der Waals surface area (Å²) < 4.78 is 0. The van der Waals surface area contributed by atoms with Crippen LogP contribution >= 0.6 is 11.8 Å². The van der Waals surface area contributed by atoms with Crippen LogP contribution < -0.4 is 0 Å². The van der Waals surface area contributed by atoms with Crippen LogP contribution in [-0.2, 0) is 4.79 Å². The Kier molecular flexibility index (Phi) is 4.77. The van der Waals surface area contributed by atoms with Gasteiger partial charge in [-0.1, -0.05) is 50.6 Å². The second-order valence-corrected chi connectivity index (χ2v) is 8.36. The van der Waals surface area contributed by atoms with Gasteiger partial charge in [0.15, 0.2) is 0 Å². The highest BCUT2D eigenvalue weighted by Gasteiger charge is 2.44. The van der Waals surface area contributed by atoms with Crippen LogP contribution in [0.5, 0.6) is 0 Å². The molecule has 0 amide bonds. The number of benzene rings is 1. The lowest BCUT2D eigenvalue weighted by atomic mass is 9.69. The predicted octanol–water partition coefficient (Wildman–Crippen LogP) is 5.36. The third-order valence-corrected chi connectivity index (χ3v) is 6.72. The van der Waals surface area contributed by atoms with E-state index in [-0.39, 0.29) is 11.8 Å². The minimum Gasteiger partial charge on any atom is -0.299 e. The third-order valence-electron chi connectivity index (χ3n) is 5.33. The molecule has 118 valence electrons. The fourth-order valence-electron chi connectivity index (χ4n) is 4.00. The van der Waals surface area contributed by atoms with Gasteiger partial charge in [-0.3, -0.25) is 4.79 Å². The fraction of sp³-hybridized carbons (Fsp3) is 0.550. The molecule has 0 radical (unpaired) electrons. The van der Waals surface area contributed by atoms with E-state index in [1.54, 1.807) is 0 Å². The van der Waals surface area contributed by atoms with Crippen molar-refractivity contribution in [2.24, 2.45) is 23.7 Å². The van der Waals surface area contributed by atoms with Crippen molar-refractivity contribution in [2.75, 3.05) is 0 Å². The summed E-state index contributed by atoms with van der Waals surface area (Å²) in [6, 6.07) is 10.6. The van der Waals surface area contributed by atoms with E-state index in [9.17, 15) is 4.79 Å². The lowest BCUT2D eigenvalue weighted by Gasteiger charge is -2.40. The van der Waals surface area contributed by atoms with Crippen molar-refractivity contribution in [2.45, 2.75) is 50.2 Å². The molecule has 0 heterocycles. The Labute approximate surface area is 138 Å². The third kappa shape index (κ3) is 3.03. The Balaban J connectivity index is 1.95. The molecule has 1 saturated carbocycles. The Morgan fingerprint density at radius 2 is 1.91 bits per heavy atom. The van der Waals surface area contributed by atoms with Gasteiger partial charge in [0.2, 0.25) is 0 Å². The molecule has 0 aromatic heterocycles. The van der Waals surface area contributed by atoms with E-state index in [0.29, 0.717) is 22.9 Å². The van der Waals surface area contributed by atoms with Crippen molar-refractivity contribution < 1.29 is 4.79 Å². The first-order chi connectivity index (χ1) is 10.6. The predicted molar refractivity (Wildman–Crippen MR) is 94.0 cm³/mol. The number of allylic oxidation sites excluding steroid dienone is 1. The quantitative estimate of drug-likeness (QED) is 0.698. The summed E-state index contributed by atoms with van der Waals surface area (Å²) in [5, 5.41) is 0.348. The lowest BCUT2D eigenvalue weighted by Crippen LogP contribution is -2.40. The van der Waals surface area contributed by atoms with E-state index in [1.165, 1.54) is 23.3 Å². The zero-order chi connectivity index (χ0) is 15.7. The zero-order valence-corrected chi connectivity index (χ0v) is 14.6. The maximum atomic E-state index is 13.0. The van der Waals surface area contributed by atoms with E-state index >= 15 is 0 Å². The van der Waals surface area contributed by atoms with E-state index in [4.69, 9.17) is 0 Å². The van der Waals surface area contributed by atoms with Crippen molar-refractivity contribution in [3.8, 4) is 0 Å². The van der Waals surface area contributed by atoms with Crippen molar-refractivity contribution in [1.82, 2.24) is 0 Å². The topological polar surface area (TPSA) is 17.1 Å². The van der Waals surface area contributed by atoms with Crippen LogP contribution in [0.2, 0.25) is 0 Å². The number of hydrogen-bond acceptors (Lipinski definition) is 2. The average Bonchev–Trinajstić information content (AvgIpc) is 2.58. The van der Waals surface area contributed by atoms with Gasteiger partial charge in [-0.15, -0.1) is 11.8 Å². The maximum Gasteiger partial charge on any atom is 0.140 e. The van der Waals surface area contributed by atoms with E-state index in [2.05, 4.69) is 57.2 Å². The summed E-state index contributed by atoms with van der Waals surface area (Å²) in [6.07, 6.45) is 5.66. The average molecular weight is 314 g/mol. The molecule has 1 nitrogen and oxygen atoms in total. The molecule has 1 fully saturated rings. The number of carbonyl (C=O) groups excluding carboxylic acids is 1. The Morgan fingerprint density at radius 3 is 2.59 bits per heavy atom. The van der Waals surface area contributed by atoms with E-state index < -0.39 is 0 Å². The molecular formula is C20H26OS. The minimum absolute atomic E-state index is 0.181. The molecule has 0 spiro atoms. The number of Topliss-reactive ketones (excluding diaryl/α,β-unsaturated/α-hetero) is 1. The number of thioether (sulfide) groups is 1. The molecule has 4 atom stereocenters. The first-order valence-corrected chi connectivity index (χ1v) is 9.40. The number of rotatable bonds is 3. The van der Waals surface area contributed by atoms with Crippen molar-refractivity contribution >= 4 is 17.5 Å². The van der Waals surface area contributed by atoms with Crippen molar-refractivity contribution in [3.63, 3.8) is 0 Å². The highest BCUT2D eigenvalue weighted by molar-refractivity contribution is 8.00. The van der Waals surface area contributed by atoms with Crippen LogP contribution in [0.3, 0.4) is 0 Å². The normalized spacial score (nSPS) is 31.8. The molecule has 2 heteroatoms. The molecule has 1 aromatic carbocycles. The molecule has 0 N–H and O–H groups in total. The first kappa shape index (κ1) is 15.9. The van der Waals surface area contributed by atoms with Crippen molar-refractivity contribution in [1.29, 1.82) is 0 Å². The highest BCUT2D eigenvalue weighted by atomic mass is 32.2. The van der Waals surface area contributed by atoms with Crippen LogP contribution in [0.1, 0.15) is 40.0 Å². The van der Waals surface area contributed by atoms with Crippen molar-refractivity contribution in [3.05, 3.63) is 42.0 Å². The van der Waals surface area contributed by atoms with Gasteiger partial charge in [-0.05, 0) is 43.2 Å². The van der Waals surface area contributed by atoms with Gasteiger partial charge in [-0.25, -0.2) is 0 Å². The second kappa shape index (κ2) is 6.62. The van der Waals surface area contributed by atoms with Gasteiger partial charge >= 0.3 is 0 Å². The molecule has 2 bridgehead atoms. The summed E-state index contributed by atoms with van der Waals surface area (Å²) in [4.78, 5) is 14.3. The fourth-order valence-corrected chi connectivity index (χ4v) is 5.46. The van der Waals surface area contributed by atoms with Gasteiger partial charge < -0.3 is 0 Å². The Bertz CT molecular complexity index is 560. The molecule has 0 saturated heterocycles. The van der Waals surface area contributed by atoms with Gasteiger partial charge in [0.05, 0.1) is 0 Å². The summed E-state index contributed by atoms with van der Waals surface area (Å²) in [6.45, 7) is 6.68. The van der Waals surface area contributed by atoms with Crippen LogP contribution in [0.25, 0.3) is 0 Å². The number of carbonyl (C=O) groups is 1. The van der Waals surface area contributed by atoms with E-state index in [1.807, 2.05) is 11.8 Å².